The predicted molar refractivity (Wildman–Crippen MR) is 206 cm³/mol. The van der Waals surface area contributed by atoms with Crippen molar-refractivity contribution in [2.75, 3.05) is 0 Å². The van der Waals surface area contributed by atoms with Crippen LogP contribution in [0.5, 0.6) is 0 Å². The van der Waals surface area contributed by atoms with Crippen LogP contribution in [0, 0.1) is 5.92 Å². The molecule has 24 nitrogen and oxygen atoms in total. The summed E-state index contributed by atoms with van der Waals surface area (Å²) >= 11 is 0. The number of amides is 8. The molecule has 24 heteroatoms. The highest BCUT2D eigenvalue weighted by Gasteiger charge is 2.35. The van der Waals surface area contributed by atoms with Gasteiger partial charge in [0.1, 0.15) is 36.3 Å². The van der Waals surface area contributed by atoms with Crippen molar-refractivity contribution >= 4 is 76.1 Å². The Bertz CT molecular complexity index is 1970. The highest BCUT2D eigenvalue weighted by atomic mass is 16.4. The fraction of sp³-hybridized carbons (Fsp3) is 0.472. The monoisotopic (exact) mass is 846 g/mol. The lowest BCUT2D eigenvalue weighted by Crippen LogP contribution is -2.60. The average molecular weight is 847 g/mol. The molecule has 0 saturated carbocycles. The molecule has 328 valence electrons. The number of aliphatic carboxylic acids is 3. The molecular weight excluding hydrogens is 796 g/mol. The number of nitrogens with two attached hydrogens (primary N) is 3. The van der Waals surface area contributed by atoms with Crippen LogP contribution >= 0.6 is 0 Å². The van der Waals surface area contributed by atoms with E-state index in [1.54, 1.807) is 44.3 Å². The van der Waals surface area contributed by atoms with Crippen LogP contribution in [0.3, 0.4) is 0 Å². The number of nitrogens with one attached hydrogen (secondary N) is 7. The van der Waals surface area contributed by atoms with Gasteiger partial charge in [-0.2, -0.15) is 0 Å². The summed E-state index contributed by atoms with van der Waals surface area (Å²) in [5, 5.41) is 41.8. The normalized spacial score (nSPS) is 14.5. The van der Waals surface area contributed by atoms with Crippen molar-refractivity contribution in [3.8, 4) is 0 Å². The second kappa shape index (κ2) is 22.7. The van der Waals surface area contributed by atoms with E-state index in [0.717, 1.165) is 17.8 Å². The van der Waals surface area contributed by atoms with Crippen LogP contribution in [0.1, 0.15) is 58.4 Å². The summed E-state index contributed by atoms with van der Waals surface area (Å²) in [5.74, 6) is -14.4. The lowest BCUT2D eigenvalue weighted by atomic mass is 10.0. The van der Waals surface area contributed by atoms with Crippen LogP contribution in [-0.2, 0) is 59.2 Å². The van der Waals surface area contributed by atoms with E-state index in [9.17, 15) is 63.0 Å². The van der Waals surface area contributed by atoms with E-state index in [2.05, 4.69) is 31.6 Å². The Balaban J connectivity index is 2.29. The number of hydrogen-bond donors (Lipinski definition) is 13. The fourth-order valence-electron chi connectivity index (χ4n) is 5.67. The van der Waals surface area contributed by atoms with Crippen LogP contribution in [0.25, 0.3) is 10.9 Å². The van der Waals surface area contributed by atoms with Gasteiger partial charge in [-0.1, -0.05) is 32.0 Å². The van der Waals surface area contributed by atoms with Gasteiger partial charge < -0.3 is 69.4 Å². The Morgan fingerprint density at radius 1 is 0.583 bits per heavy atom. The predicted octanol–water partition coefficient (Wildman–Crippen LogP) is -4.20. The summed E-state index contributed by atoms with van der Waals surface area (Å²) in [7, 11) is 0. The molecule has 1 aromatic carbocycles. The molecular formula is C36H50N10O14. The van der Waals surface area contributed by atoms with E-state index in [-0.39, 0.29) is 12.8 Å². The first-order valence-corrected chi connectivity index (χ1v) is 18.3. The molecule has 1 heterocycles. The van der Waals surface area contributed by atoms with Gasteiger partial charge in [0.15, 0.2) is 0 Å². The summed E-state index contributed by atoms with van der Waals surface area (Å²) in [4.78, 5) is 141. The zero-order valence-corrected chi connectivity index (χ0v) is 32.8. The molecule has 0 aliphatic heterocycles. The molecule has 0 bridgehead atoms. The van der Waals surface area contributed by atoms with Crippen molar-refractivity contribution in [2.45, 2.75) is 102 Å². The molecule has 1 aromatic heterocycles. The minimum atomic E-state index is -1.98. The Morgan fingerprint density at radius 2 is 0.983 bits per heavy atom. The first-order valence-electron chi connectivity index (χ1n) is 18.3. The highest BCUT2D eigenvalue weighted by Crippen LogP contribution is 2.19. The van der Waals surface area contributed by atoms with Crippen molar-refractivity contribution in [3.05, 3.63) is 36.0 Å². The topological polar surface area (TPSA) is 414 Å². The van der Waals surface area contributed by atoms with E-state index in [4.69, 9.17) is 22.3 Å². The van der Waals surface area contributed by atoms with Gasteiger partial charge in [0.2, 0.25) is 47.3 Å². The summed E-state index contributed by atoms with van der Waals surface area (Å²) in [6.45, 7) is 4.29. The van der Waals surface area contributed by atoms with Crippen LogP contribution < -0.4 is 49.1 Å². The largest absolute Gasteiger partial charge is 0.481 e. The van der Waals surface area contributed by atoms with E-state index >= 15 is 0 Å². The summed E-state index contributed by atoms with van der Waals surface area (Å²) < 4.78 is 0. The van der Waals surface area contributed by atoms with Crippen LogP contribution in [0.15, 0.2) is 30.5 Å². The van der Waals surface area contributed by atoms with Gasteiger partial charge in [-0.25, -0.2) is 0 Å². The standard InChI is InChI=1S/C36H50N10O14/c1-15(2)8-21(32(55)45-25(13-29(51)52)35(58)44-22(10-26(38)47)31(54)41-16(3)36(59)60)43-34(57)24(12-28(49)50)46-33(56)23(11-27(39)48)42-30(53)19(37)9-17-14-40-20-7-5-4-6-18(17)20/h4-7,14-16,19,21-25,40H,8-13,37H2,1-3H3,(H2,38,47)(H2,39,48)(H,41,54)(H,42,53)(H,43,57)(H,44,58)(H,45,55)(H,46,56)(H,49,50)(H,51,52)(H,59,60)/t16-,19-,21-,22-,23-,24-,25-/m0/s1. The van der Waals surface area contributed by atoms with Gasteiger partial charge in [-0.05, 0) is 37.3 Å². The molecule has 8 amide bonds. The maximum Gasteiger partial charge on any atom is 0.325 e. The number of carboxylic acid groups (broad SMARTS) is 3. The molecule has 2 rings (SSSR count). The number of H-pyrrole nitrogens is 1. The number of primary amides is 2. The first kappa shape index (κ1) is 49.0. The zero-order valence-electron chi connectivity index (χ0n) is 32.8. The van der Waals surface area contributed by atoms with E-state index in [1.165, 1.54) is 0 Å². The van der Waals surface area contributed by atoms with Gasteiger partial charge in [0.05, 0.1) is 31.7 Å². The molecule has 2 aromatic rings. The smallest absolute Gasteiger partial charge is 0.325 e. The third kappa shape index (κ3) is 16.0. The number of carboxylic acids is 3. The van der Waals surface area contributed by atoms with Crippen molar-refractivity contribution < 1.29 is 68.1 Å². The number of fused-ring (bicyclic) bond motifs is 1. The Morgan fingerprint density at radius 3 is 1.42 bits per heavy atom. The van der Waals surface area contributed by atoms with Crippen LogP contribution in [-0.4, -0.2) is 128 Å². The summed E-state index contributed by atoms with van der Waals surface area (Å²) in [5.41, 5.74) is 18.0. The number of hydrogen-bond acceptors (Lipinski definition) is 12. The quantitative estimate of drug-likeness (QED) is 0.0451. The molecule has 0 saturated heterocycles. The van der Waals surface area contributed by atoms with Crippen molar-refractivity contribution in [1.29, 1.82) is 0 Å². The highest BCUT2D eigenvalue weighted by molar-refractivity contribution is 6.00. The molecule has 0 aliphatic rings. The van der Waals surface area contributed by atoms with Crippen molar-refractivity contribution in [2.24, 2.45) is 23.1 Å². The molecule has 7 atom stereocenters. The van der Waals surface area contributed by atoms with Gasteiger partial charge in [-0.15, -0.1) is 0 Å². The third-order valence-corrected chi connectivity index (χ3v) is 8.62. The third-order valence-electron chi connectivity index (χ3n) is 8.62. The van der Waals surface area contributed by atoms with E-state index in [1.807, 2.05) is 5.32 Å². The van der Waals surface area contributed by atoms with E-state index < -0.39 is 139 Å². The lowest BCUT2D eigenvalue weighted by Gasteiger charge is -2.27. The number of para-hydroxylation sites is 1. The van der Waals surface area contributed by atoms with Crippen molar-refractivity contribution in [1.82, 2.24) is 36.9 Å². The average Bonchev–Trinajstić information content (AvgIpc) is 3.54. The summed E-state index contributed by atoms with van der Waals surface area (Å²) in [6, 6.07) is -4.67. The summed E-state index contributed by atoms with van der Waals surface area (Å²) in [6.07, 6.45) is -2.42. The maximum atomic E-state index is 13.6. The minimum Gasteiger partial charge on any atom is -0.481 e. The molecule has 0 aliphatic carbocycles. The minimum absolute atomic E-state index is 0.00551. The Labute approximate surface area is 341 Å². The Hall–Kier alpha value is -7.11. The van der Waals surface area contributed by atoms with Crippen molar-refractivity contribution in [3.63, 3.8) is 0 Å². The van der Waals surface area contributed by atoms with Crippen LogP contribution in [0.4, 0.5) is 0 Å². The second-order valence-electron chi connectivity index (χ2n) is 14.2. The number of aromatic amines is 1. The molecule has 60 heavy (non-hydrogen) atoms. The van der Waals surface area contributed by atoms with Crippen LogP contribution in [0.2, 0.25) is 0 Å². The number of carbonyl (C=O) groups excluding carboxylic acids is 8. The second-order valence-corrected chi connectivity index (χ2v) is 14.2. The zero-order chi connectivity index (χ0) is 45.4. The maximum absolute atomic E-state index is 13.6. The van der Waals surface area contributed by atoms with Gasteiger partial charge >= 0.3 is 17.9 Å². The number of carbonyl (C=O) groups is 11. The number of rotatable bonds is 25. The SMILES string of the molecule is CC(C)C[C@H](NC(=O)[C@H](CC(=O)O)NC(=O)[C@H](CC(N)=O)NC(=O)[C@@H](N)Cc1c[nH]c2ccccc12)C(=O)N[C@@H](CC(=O)O)C(=O)N[C@@H](CC(N)=O)C(=O)N[C@@H](C)C(=O)O. The van der Waals surface area contributed by atoms with Gasteiger partial charge in [-0.3, -0.25) is 52.7 Å². The van der Waals surface area contributed by atoms with Gasteiger partial charge in [0.25, 0.3) is 0 Å². The molecule has 0 spiro atoms. The molecule has 0 fully saturated rings. The van der Waals surface area contributed by atoms with Gasteiger partial charge in [0, 0.05) is 17.1 Å². The number of benzene rings is 1. The molecule has 0 radical (unpaired) electrons. The van der Waals surface area contributed by atoms with E-state index in [0.29, 0.717) is 5.56 Å². The fourth-order valence-corrected chi connectivity index (χ4v) is 5.67. The Kier molecular flexibility index (Phi) is 18.6. The lowest BCUT2D eigenvalue weighted by molar-refractivity contribution is -0.143. The first-order chi connectivity index (χ1) is 28.0. The molecule has 16 N–H and O–H groups in total. The number of aromatic nitrogens is 1. The molecule has 0 unspecified atom stereocenters.